The van der Waals surface area contributed by atoms with E-state index in [0.29, 0.717) is 35.0 Å². The summed E-state index contributed by atoms with van der Waals surface area (Å²) < 4.78 is 11.6. The third-order valence-corrected chi connectivity index (χ3v) is 8.31. The van der Waals surface area contributed by atoms with E-state index in [-0.39, 0.29) is 36.2 Å². The standard InChI is InChI=1S/C33H43ClN4O4/c1-22-20-37(32(40)42-33(3,4)5)21-23(2)38(22)17-16-24-6-8-25(9-7-24)31(39)36-27-11-14-28(15-12-27)41-29-13-10-26(19-35)30(34)18-29/h6-10,13,18,22-23,27-28H,11-12,14-17,20-21H2,1-5H3,(H,36,39)/t22-,23-,27-,28-/m1/s1. The second-order valence-corrected chi connectivity index (χ2v) is 13.0. The Bertz CT molecular complexity index is 1270. The molecule has 1 aliphatic heterocycles. The molecule has 9 heteroatoms. The molecule has 1 aliphatic carbocycles. The normalized spacial score (nSPS) is 23.1. The molecular weight excluding hydrogens is 552 g/mol. The fourth-order valence-electron chi connectivity index (χ4n) is 5.80. The van der Waals surface area contributed by atoms with E-state index in [1.807, 2.05) is 49.9 Å². The van der Waals surface area contributed by atoms with Gasteiger partial charge in [-0.2, -0.15) is 5.26 Å². The van der Waals surface area contributed by atoms with Gasteiger partial charge < -0.3 is 19.7 Å². The lowest BCUT2D eigenvalue weighted by Crippen LogP contribution is -2.58. The zero-order valence-corrected chi connectivity index (χ0v) is 26.1. The molecule has 0 unspecified atom stereocenters. The molecule has 226 valence electrons. The molecule has 1 N–H and O–H groups in total. The molecule has 42 heavy (non-hydrogen) atoms. The van der Waals surface area contributed by atoms with E-state index in [0.717, 1.165) is 38.6 Å². The maximum absolute atomic E-state index is 12.9. The Morgan fingerprint density at radius 1 is 1.02 bits per heavy atom. The van der Waals surface area contributed by atoms with Crippen molar-refractivity contribution < 1.29 is 19.1 Å². The van der Waals surface area contributed by atoms with Crippen LogP contribution in [0.3, 0.4) is 0 Å². The van der Waals surface area contributed by atoms with Crippen LogP contribution in [-0.4, -0.2) is 71.3 Å². The first kappa shape index (κ1) is 31.7. The lowest BCUT2D eigenvalue weighted by atomic mass is 9.92. The van der Waals surface area contributed by atoms with Gasteiger partial charge in [-0.15, -0.1) is 0 Å². The van der Waals surface area contributed by atoms with E-state index in [4.69, 9.17) is 26.3 Å². The molecular formula is C33H43ClN4O4. The first-order valence-corrected chi connectivity index (χ1v) is 15.3. The number of nitrogens with zero attached hydrogens (tertiary/aromatic N) is 3. The van der Waals surface area contributed by atoms with Gasteiger partial charge in [-0.3, -0.25) is 9.69 Å². The highest BCUT2D eigenvalue weighted by Gasteiger charge is 2.33. The second-order valence-electron chi connectivity index (χ2n) is 12.6. The number of piperazine rings is 1. The van der Waals surface area contributed by atoms with Crippen molar-refractivity contribution in [3.05, 3.63) is 64.2 Å². The minimum absolute atomic E-state index is 0.0506. The van der Waals surface area contributed by atoms with Crippen LogP contribution in [0.15, 0.2) is 42.5 Å². The minimum atomic E-state index is -0.498. The van der Waals surface area contributed by atoms with E-state index in [2.05, 4.69) is 30.1 Å². The summed E-state index contributed by atoms with van der Waals surface area (Å²) in [6.07, 6.45) is 4.05. The monoisotopic (exact) mass is 594 g/mol. The fourth-order valence-corrected chi connectivity index (χ4v) is 6.01. The molecule has 1 saturated carbocycles. The van der Waals surface area contributed by atoms with Crippen LogP contribution < -0.4 is 10.1 Å². The fraction of sp³-hybridized carbons (Fsp3) is 0.545. The Balaban J connectivity index is 1.20. The summed E-state index contributed by atoms with van der Waals surface area (Å²) in [6, 6.07) is 15.6. The van der Waals surface area contributed by atoms with Crippen LogP contribution in [0, 0.1) is 11.3 Å². The summed E-state index contributed by atoms with van der Waals surface area (Å²) in [5, 5.41) is 12.6. The van der Waals surface area contributed by atoms with Gasteiger partial charge in [0.15, 0.2) is 0 Å². The summed E-state index contributed by atoms with van der Waals surface area (Å²) in [4.78, 5) is 29.7. The van der Waals surface area contributed by atoms with E-state index in [1.54, 1.807) is 18.2 Å². The van der Waals surface area contributed by atoms with Crippen molar-refractivity contribution in [2.24, 2.45) is 0 Å². The van der Waals surface area contributed by atoms with Crippen LogP contribution >= 0.6 is 11.6 Å². The highest BCUT2D eigenvalue weighted by molar-refractivity contribution is 6.31. The van der Waals surface area contributed by atoms with Crippen molar-refractivity contribution in [2.45, 2.75) is 96.6 Å². The average molecular weight is 595 g/mol. The number of carbonyl (C=O) groups is 2. The van der Waals surface area contributed by atoms with Gasteiger partial charge in [0.1, 0.15) is 17.4 Å². The number of halogens is 1. The Labute approximate surface area is 254 Å². The summed E-state index contributed by atoms with van der Waals surface area (Å²) in [7, 11) is 0. The Hall–Kier alpha value is -3.28. The molecule has 2 aliphatic rings. The average Bonchev–Trinajstić information content (AvgIpc) is 2.93. The number of carbonyl (C=O) groups excluding carboxylic acids is 2. The summed E-state index contributed by atoms with van der Waals surface area (Å²) in [6.45, 7) is 12.2. The molecule has 2 aromatic rings. The van der Waals surface area contributed by atoms with Gasteiger partial charge in [0.25, 0.3) is 5.91 Å². The van der Waals surface area contributed by atoms with E-state index >= 15 is 0 Å². The second kappa shape index (κ2) is 13.8. The number of hydrogen-bond donors (Lipinski definition) is 1. The number of nitrogens with one attached hydrogen (secondary N) is 1. The van der Waals surface area contributed by atoms with Crippen LogP contribution in [0.1, 0.15) is 81.8 Å². The van der Waals surface area contributed by atoms with Gasteiger partial charge in [-0.1, -0.05) is 23.7 Å². The number of hydrogen-bond acceptors (Lipinski definition) is 6. The van der Waals surface area contributed by atoms with Crippen molar-refractivity contribution in [1.82, 2.24) is 15.1 Å². The van der Waals surface area contributed by atoms with Gasteiger partial charge in [0.05, 0.1) is 16.7 Å². The maximum Gasteiger partial charge on any atom is 0.410 e. The molecule has 1 saturated heterocycles. The lowest BCUT2D eigenvalue weighted by molar-refractivity contribution is -0.00721. The Morgan fingerprint density at radius 3 is 2.24 bits per heavy atom. The smallest absolute Gasteiger partial charge is 0.410 e. The highest BCUT2D eigenvalue weighted by Crippen LogP contribution is 2.27. The number of ether oxygens (including phenoxy) is 2. The van der Waals surface area contributed by atoms with Crippen molar-refractivity contribution in [1.29, 1.82) is 5.26 Å². The summed E-state index contributed by atoms with van der Waals surface area (Å²) in [5.41, 5.74) is 1.78. The molecule has 2 atom stereocenters. The largest absolute Gasteiger partial charge is 0.490 e. The maximum atomic E-state index is 12.9. The van der Waals surface area contributed by atoms with Crippen LogP contribution in [0.5, 0.6) is 5.75 Å². The molecule has 2 fully saturated rings. The summed E-state index contributed by atoms with van der Waals surface area (Å²) in [5.74, 6) is 0.615. The van der Waals surface area contributed by atoms with Gasteiger partial charge in [0.2, 0.25) is 0 Å². The third-order valence-electron chi connectivity index (χ3n) is 8.00. The van der Waals surface area contributed by atoms with E-state index in [9.17, 15) is 9.59 Å². The van der Waals surface area contributed by atoms with Gasteiger partial charge in [0, 0.05) is 49.4 Å². The zero-order chi connectivity index (χ0) is 30.4. The predicted octanol–water partition coefficient (Wildman–Crippen LogP) is 6.20. The molecule has 0 radical (unpaired) electrons. The minimum Gasteiger partial charge on any atom is -0.490 e. The van der Waals surface area contributed by atoms with Crippen molar-refractivity contribution >= 4 is 23.6 Å². The van der Waals surface area contributed by atoms with Crippen LogP contribution in [0.25, 0.3) is 0 Å². The van der Waals surface area contributed by atoms with Crippen molar-refractivity contribution in [2.75, 3.05) is 19.6 Å². The van der Waals surface area contributed by atoms with Crippen molar-refractivity contribution in [3.63, 3.8) is 0 Å². The quantitative estimate of drug-likeness (QED) is 0.410. The molecule has 2 amide bonds. The number of amides is 2. The van der Waals surface area contributed by atoms with Crippen LogP contribution in [0.4, 0.5) is 4.79 Å². The summed E-state index contributed by atoms with van der Waals surface area (Å²) >= 11 is 6.12. The highest BCUT2D eigenvalue weighted by atomic mass is 35.5. The molecule has 1 heterocycles. The molecule has 0 aromatic heterocycles. The Kier molecular flexibility index (Phi) is 10.4. The topological polar surface area (TPSA) is 94.9 Å². The van der Waals surface area contributed by atoms with Crippen molar-refractivity contribution in [3.8, 4) is 11.8 Å². The van der Waals surface area contributed by atoms with Gasteiger partial charge >= 0.3 is 6.09 Å². The molecule has 4 rings (SSSR count). The first-order valence-electron chi connectivity index (χ1n) is 14.9. The Morgan fingerprint density at radius 2 is 1.67 bits per heavy atom. The number of benzene rings is 2. The third kappa shape index (κ3) is 8.62. The van der Waals surface area contributed by atoms with Crippen LogP contribution in [0.2, 0.25) is 5.02 Å². The number of rotatable bonds is 7. The van der Waals surface area contributed by atoms with Crippen LogP contribution in [-0.2, 0) is 11.2 Å². The predicted molar refractivity (Wildman–Crippen MR) is 164 cm³/mol. The molecule has 0 spiro atoms. The van der Waals surface area contributed by atoms with E-state index in [1.165, 1.54) is 5.56 Å². The molecule has 2 aromatic carbocycles. The van der Waals surface area contributed by atoms with Gasteiger partial charge in [-0.05, 0) is 96.6 Å². The zero-order valence-electron chi connectivity index (χ0n) is 25.4. The molecule has 8 nitrogen and oxygen atoms in total. The van der Waals surface area contributed by atoms with E-state index < -0.39 is 5.60 Å². The molecule has 0 bridgehead atoms. The van der Waals surface area contributed by atoms with Gasteiger partial charge in [-0.25, -0.2) is 4.79 Å². The number of nitriles is 1. The lowest BCUT2D eigenvalue weighted by Gasteiger charge is -2.44. The SMILES string of the molecule is C[C@@H]1CN(C(=O)OC(C)(C)C)C[C@@H](C)N1CCc1ccc(C(=O)N[C@H]2CC[C@H](Oc3ccc(C#N)c(Cl)c3)CC2)cc1. The first-order chi connectivity index (χ1) is 19.9.